The maximum atomic E-state index is 12.5. The number of rotatable bonds is 4. The van der Waals surface area contributed by atoms with Gasteiger partial charge in [-0.05, 0) is 43.4 Å². The summed E-state index contributed by atoms with van der Waals surface area (Å²) in [6, 6.07) is 4.40. The highest BCUT2D eigenvalue weighted by Crippen LogP contribution is 2.27. The molecule has 0 saturated carbocycles. The van der Waals surface area contributed by atoms with E-state index in [2.05, 4.69) is 4.72 Å². The smallest absolute Gasteiger partial charge is 0.264 e. The van der Waals surface area contributed by atoms with Crippen molar-refractivity contribution in [3.8, 4) is 0 Å². The van der Waals surface area contributed by atoms with Crippen molar-refractivity contribution < 1.29 is 17.9 Å². The van der Waals surface area contributed by atoms with Crippen molar-refractivity contribution in [3.63, 3.8) is 0 Å². The Kier molecular flexibility index (Phi) is 5.70. The second-order valence-electron chi connectivity index (χ2n) is 6.21. The molecule has 0 radical (unpaired) electrons. The van der Waals surface area contributed by atoms with Crippen LogP contribution in [0.2, 0.25) is 5.02 Å². The maximum absolute atomic E-state index is 12.5. The van der Waals surface area contributed by atoms with Gasteiger partial charge in [-0.3, -0.25) is 4.79 Å². The number of nitrogens with one attached hydrogen (secondary N) is 1. The number of carbonyl (C=O) groups is 1. The van der Waals surface area contributed by atoms with E-state index >= 15 is 0 Å². The third kappa shape index (κ3) is 4.25. The van der Waals surface area contributed by atoms with E-state index in [9.17, 15) is 13.2 Å². The van der Waals surface area contributed by atoms with Crippen molar-refractivity contribution in [2.45, 2.75) is 44.6 Å². The molecule has 1 N–H and O–H groups in total. The van der Waals surface area contributed by atoms with Gasteiger partial charge in [0, 0.05) is 11.6 Å². The second kappa shape index (κ2) is 7.20. The number of aryl methyl sites for hydroxylation is 1. The number of benzene rings is 1. The second-order valence-corrected chi connectivity index (χ2v) is 8.30. The minimum atomic E-state index is -3.94. The molecule has 5 nitrogen and oxygen atoms in total. The summed E-state index contributed by atoms with van der Waals surface area (Å²) in [7, 11) is -3.94. The average molecular weight is 360 g/mol. The van der Waals surface area contributed by atoms with Crippen LogP contribution in [0, 0.1) is 18.8 Å². The minimum absolute atomic E-state index is 0.0146. The van der Waals surface area contributed by atoms with Crippen LogP contribution in [0.1, 0.15) is 32.3 Å². The van der Waals surface area contributed by atoms with Crippen molar-refractivity contribution in [2.24, 2.45) is 11.8 Å². The highest BCUT2D eigenvalue weighted by molar-refractivity contribution is 7.90. The molecule has 0 aromatic heterocycles. The summed E-state index contributed by atoms with van der Waals surface area (Å²) in [6.07, 6.45) is 1.11. The Labute approximate surface area is 142 Å². The molecule has 1 aromatic carbocycles. The normalized spacial score (nSPS) is 22.1. The number of ether oxygens (including phenoxy) is 1. The van der Waals surface area contributed by atoms with Gasteiger partial charge in [0.15, 0.2) is 0 Å². The summed E-state index contributed by atoms with van der Waals surface area (Å²) in [5, 5.41) is 0.349. The number of hydrogen-bond donors (Lipinski definition) is 1. The van der Waals surface area contributed by atoms with E-state index in [1.807, 2.05) is 13.8 Å². The molecule has 0 spiro atoms. The Hall–Kier alpha value is -1.11. The van der Waals surface area contributed by atoms with Crippen LogP contribution in [-0.2, 0) is 19.6 Å². The number of amides is 1. The van der Waals surface area contributed by atoms with Gasteiger partial charge >= 0.3 is 0 Å². The zero-order valence-corrected chi connectivity index (χ0v) is 15.1. The van der Waals surface area contributed by atoms with Crippen LogP contribution in [0.3, 0.4) is 0 Å². The van der Waals surface area contributed by atoms with Crippen molar-refractivity contribution in [1.82, 2.24) is 4.72 Å². The van der Waals surface area contributed by atoms with Crippen molar-refractivity contribution >= 4 is 27.5 Å². The fourth-order valence-corrected chi connectivity index (χ4v) is 4.05. The summed E-state index contributed by atoms with van der Waals surface area (Å²) in [6.45, 7) is 6.31. The molecule has 23 heavy (non-hydrogen) atoms. The molecule has 0 unspecified atom stereocenters. The first-order chi connectivity index (χ1) is 10.7. The lowest BCUT2D eigenvalue weighted by Gasteiger charge is -2.33. The molecule has 1 heterocycles. The highest BCUT2D eigenvalue weighted by atomic mass is 35.5. The van der Waals surface area contributed by atoms with Crippen LogP contribution >= 0.6 is 11.6 Å². The number of sulfonamides is 1. The summed E-state index contributed by atoms with van der Waals surface area (Å²) in [5.74, 6) is -0.831. The van der Waals surface area contributed by atoms with E-state index in [4.69, 9.17) is 16.3 Å². The van der Waals surface area contributed by atoms with Crippen LogP contribution in [0.25, 0.3) is 0 Å². The quantitative estimate of drug-likeness (QED) is 0.897. The molecule has 1 aliphatic heterocycles. The summed E-state index contributed by atoms with van der Waals surface area (Å²) in [5.41, 5.74) is 0.775. The van der Waals surface area contributed by atoms with Crippen molar-refractivity contribution in [2.75, 3.05) is 6.61 Å². The summed E-state index contributed by atoms with van der Waals surface area (Å²) >= 11 is 5.97. The van der Waals surface area contributed by atoms with E-state index in [0.717, 1.165) is 12.0 Å². The van der Waals surface area contributed by atoms with Gasteiger partial charge in [-0.1, -0.05) is 31.5 Å². The van der Waals surface area contributed by atoms with E-state index in [0.29, 0.717) is 18.1 Å². The van der Waals surface area contributed by atoms with E-state index < -0.39 is 21.8 Å². The van der Waals surface area contributed by atoms with Crippen LogP contribution in [0.4, 0.5) is 0 Å². The zero-order chi connectivity index (χ0) is 17.2. The molecule has 7 heteroatoms. The van der Waals surface area contributed by atoms with Gasteiger partial charge in [-0.25, -0.2) is 13.1 Å². The molecule has 1 amide bonds. The lowest BCUT2D eigenvalue weighted by Crippen LogP contribution is -2.45. The topological polar surface area (TPSA) is 72.5 Å². The lowest BCUT2D eigenvalue weighted by molar-refractivity contribution is -0.135. The first-order valence-electron chi connectivity index (χ1n) is 7.67. The summed E-state index contributed by atoms with van der Waals surface area (Å²) < 4.78 is 32.6. The van der Waals surface area contributed by atoms with E-state index in [1.54, 1.807) is 13.0 Å². The minimum Gasteiger partial charge on any atom is -0.377 e. The Balaban J connectivity index is 2.18. The fraction of sp³-hybridized carbons (Fsp3) is 0.562. The molecule has 128 valence electrons. The Bertz CT molecular complexity index is 687. The van der Waals surface area contributed by atoms with Gasteiger partial charge in [0.2, 0.25) is 5.91 Å². The van der Waals surface area contributed by atoms with Crippen LogP contribution in [0.5, 0.6) is 0 Å². The SMILES string of the molecule is Cc1ccc(S(=O)(=O)NC(=O)[C@H]2CCCO[C@H]2C(C)C)cc1Cl. The van der Waals surface area contributed by atoms with Crippen LogP contribution in [-0.4, -0.2) is 27.0 Å². The molecule has 0 bridgehead atoms. The van der Waals surface area contributed by atoms with Gasteiger partial charge in [-0.2, -0.15) is 0 Å². The van der Waals surface area contributed by atoms with E-state index in [1.165, 1.54) is 12.1 Å². The first-order valence-corrected chi connectivity index (χ1v) is 9.53. The maximum Gasteiger partial charge on any atom is 0.264 e. The van der Waals surface area contributed by atoms with Gasteiger partial charge in [0.1, 0.15) is 0 Å². The van der Waals surface area contributed by atoms with Crippen molar-refractivity contribution in [3.05, 3.63) is 28.8 Å². The largest absolute Gasteiger partial charge is 0.377 e. The predicted octanol–water partition coefficient (Wildman–Crippen LogP) is 2.90. The monoisotopic (exact) mass is 359 g/mol. The number of carbonyl (C=O) groups excluding carboxylic acids is 1. The molecule has 1 aliphatic rings. The molecule has 1 aromatic rings. The van der Waals surface area contributed by atoms with Crippen LogP contribution < -0.4 is 4.72 Å². The van der Waals surface area contributed by atoms with Gasteiger partial charge in [0.05, 0.1) is 16.9 Å². The first kappa shape index (κ1) is 18.2. The van der Waals surface area contributed by atoms with Gasteiger partial charge in [0.25, 0.3) is 10.0 Å². The Morgan fingerprint density at radius 3 is 2.70 bits per heavy atom. The Morgan fingerprint density at radius 1 is 1.39 bits per heavy atom. The van der Waals surface area contributed by atoms with Gasteiger partial charge in [-0.15, -0.1) is 0 Å². The zero-order valence-electron chi connectivity index (χ0n) is 13.5. The lowest BCUT2D eigenvalue weighted by atomic mass is 9.87. The predicted molar refractivity (Wildman–Crippen MR) is 88.8 cm³/mol. The van der Waals surface area contributed by atoms with Crippen molar-refractivity contribution in [1.29, 1.82) is 0 Å². The molecule has 0 aliphatic carbocycles. The number of halogens is 1. The Morgan fingerprint density at radius 2 is 2.09 bits per heavy atom. The third-order valence-corrected chi connectivity index (χ3v) is 5.80. The molecule has 1 saturated heterocycles. The standard InChI is InChI=1S/C16H22ClNO4S/c1-10(2)15-13(5-4-8-22-15)16(19)18-23(20,21)12-7-6-11(3)14(17)9-12/h6-7,9-10,13,15H,4-5,8H2,1-3H3,(H,18,19)/t13-,15-/m0/s1. The average Bonchev–Trinajstić information content (AvgIpc) is 2.49. The molecule has 2 atom stereocenters. The fourth-order valence-electron chi connectivity index (χ4n) is 2.75. The third-order valence-electron chi connectivity index (χ3n) is 4.05. The van der Waals surface area contributed by atoms with E-state index in [-0.39, 0.29) is 16.9 Å². The van der Waals surface area contributed by atoms with Crippen LogP contribution in [0.15, 0.2) is 23.1 Å². The molecular formula is C16H22ClNO4S. The molecule has 2 rings (SSSR count). The number of hydrogen-bond acceptors (Lipinski definition) is 4. The molecule has 1 fully saturated rings. The molecular weight excluding hydrogens is 338 g/mol. The highest BCUT2D eigenvalue weighted by Gasteiger charge is 2.35. The summed E-state index contributed by atoms with van der Waals surface area (Å²) in [4.78, 5) is 12.4. The van der Waals surface area contributed by atoms with Gasteiger partial charge < -0.3 is 4.74 Å².